The molecule has 8 nitrogen and oxygen atoms in total. The number of carbonyl (C=O) groups is 2. The molecular formula is C17H24F2N4O4. The number of anilines is 2. The van der Waals surface area contributed by atoms with E-state index < -0.39 is 23.8 Å². The Morgan fingerprint density at radius 2 is 2.04 bits per heavy atom. The Balaban J connectivity index is 2.20. The highest BCUT2D eigenvalue weighted by molar-refractivity contribution is 5.90. The molecule has 27 heavy (non-hydrogen) atoms. The lowest BCUT2D eigenvalue weighted by Gasteiger charge is -2.26. The SMILES string of the molecule is CNCCN(CCO)c1c(F)cc(N2C[C@H](CNC(C)=O)OC2=O)cc1F. The summed E-state index contributed by atoms with van der Waals surface area (Å²) in [5, 5.41) is 14.6. The van der Waals surface area contributed by atoms with E-state index in [0.29, 0.717) is 13.1 Å². The number of carbonyl (C=O) groups excluding carboxylic acids is 2. The molecule has 1 atom stereocenters. The summed E-state index contributed by atoms with van der Waals surface area (Å²) < 4.78 is 34.4. The van der Waals surface area contributed by atoms with E-state index in [4.69, 9.17) is 9.84 Å². The number of rotatable bonds is 9. The zero-order chi connectivity index (χ0) is 20.0. The number of amides is 2. The van der Waals surface area contributed by atoms with E-state index in [1.54, 1.807) is 7.05 Å². The Morgan fingerprint density at radius 1 is 1.37 bits per heavy atom. The lowest BCUT2D eigenvalue weighted by Crippen LogP contribution is -2.35. The number of hydrogen-bond donors (Lipinski definition) is 3. The summed E-state index contributed by atoms with van der Waals surface area (Å²) in [4.78, 5) is 25.5. The first-order chi connectivity index (χ1) is 12.9. The fourth-order valence-electron chi connectivity index (χ4n) is 2.81. The summed E-state index contributed by atoms with van der Waals surface area (Å²) in [5.74, 6) is -1.95. The molecule has 0 unspecified atom stereocenters. The molecule has 2 amide bonds. The highest BCUT2D eigenvalue weighted by Gasteiger charge is 2.33. The van der Waals surface area contributed by atoms with Gasteiger partial charge in [0.2, 0.25) is 5.91 Å². The Morgan fingerprint density at radius 3 is 2.59 bits per heavy atom. The van der Waals surface area contributed by atoms with E-state index in [1.807, 2.05) is 0 Å². The normalized spacial score (nSPS) is 16.4. The molecule has 0 saturated carbocycles. The predicted molar refractivity (Wildman–Crippen MR) is 95.9 cm³/mol. The molecule has 1 aromatic carbocycles. The fraction of sp³-hybridized carbons (Fsp3) is 0.529. The maximum absolute atomic E-state index is 14.6. The van der Waals surface area contributed by atoms with Gasteiger partial charge >= 0.3 is 6.09 Å². The van der Waals surface area contributed by atoms with Gasteiger partial charge in [-0.25, -0.2) is 13.6 Å². The summed E-state index contributed by atoms with van der Waals surface area (Å²) in [6.45, 7) is 2.11. The van der Waals surface area contributed by atoms with Gasteiger partial charge in [-0.1, -0.05) is 0 Å². The van der Waals surface area contributed by atoms with Crippen molar-refractivity contribution in [3.05, 3.63) is 23.8 Å². The second-order valence-electron chi connectivity index (χ2n) is 6.13. The minimum absolute atomic E-state index is 0.0293. The molecule has 0 spiro atoms. The third kappa shape index (κ3) is 5.27. The molecule has 0 aliphatic carbocycles. The minimum atomic E-state index is -0.840. The smallest absolute Gasteiger partial charge is 0.414 e. The molecule has 3 N–H and O–H groups in total. The molecule has 150 valence electrons. The Labute approximate surface area is 156 Å². The van der Waals surface area contributed by atoms with Crippen molar-refractivity contribution in [2.24, 2.45) is 0 Å². The number of aliphatic hydroxyl groups excluding tert-OH is 1. The zero-order valence-corrected chi connectivity index (χ0v) is 15.3. The third-order valence-corrected chi connectivity index (χ3v) is 4.08. The maximum atomic E-state index is 14.6. The number of aliphatic hydroxyl groups is 1. The van der Waals surface area contributed by atoms with Crippen LogP contribution in [-0.2, 0) is 9.53 Å². The van der Waals surface area contributed by atoms with Gasteiger partial charge in [0.15, 0.2) is 11.6 Å². The van der Waals surface area contributed by atoms with Crippen molar-refractivity contribution in [1.29, 1.82) is 0 Å². The predicted octanol–water partition coefficient (Wildman–Crippen LogP) is 0.444. The van der Waals surface area contributed by atoms with E-state index in [9.17, 15) is 18.4 Å². The average molecular weight is 386 g/mol. The minimum Gasteiger partial charge on any atom is -0.442 e. The number of nitrogens with one attached hydrogen (secondary N) is 2. The van der Waals surface area contributed by atoms with Gasteiger partial charge in [0.1, 0.15) is 11.8 Å². The van der Waals surface area contributed by atoms with Gasteiger partial charge in [-0.2, -0.15) is 0 Å². The number of nitrogens with zero attached hydrogens (tertiary/aromatic N) is 2. The van der Waals surface area contributed by atoms with E-state index in [1.165, 1.54) is 11.8 Å². The van der Waals surface area contributed by atoms with Crippen molar-refractivity contribution in [1.82, 2.24) is 10.6 Å². The summed E-state index contributed by atoms with van der Waals surface area (Å²) in [7, 11) is 1.71. The number of ether oxygens (including phenoxy) is 1. The van der Waals surface area contributed by atoms with Crippen LogP contribution in [0.3, 0.4) is 0 Å². The standard InChI is InChI=1S/C17H24F2N4O4/c1-11(25)21-9-13-10-23(17(26)27-13)12-7-14(18)16(15(19)8-12)22(5-6-24)4-3-20-2/h7-8,13,20,24H,3-6,9-10H2,1-2H3,(H,21,25)/t13-/m0/s1. The lowest BCUT2D eigenvalue weighted by atomic mass is 10.2. The molecule has 0 bridgehead atoms. The lowest BCUT2D eigenvalue weighted by molar-refractivity contribution is -0.119. The van der Waals surface area contributed by atoms with Crippen LogP contribution in [0.25, 0.3) is 0 Å². The molecule has 0 radical (unpaired) electrons. The molecule has 1 aromatic rings. The molecule has 2 rings (SSSR count). The Bertz CT molecular complexity index is 666. The van der Waals surface area contributed by atoms with Crippen LogP contribution in [-0.4, -0.2) is 69.6 Å². The molecule has 1 aliphatic heterocycles. The van der Waals surface area contributed by atoms with Crippen molar-refractivity contribution in [2.45, 2.75) is 13.0 Å². The number of cyclic esters (lactones) is 1. The Hall–Kier alpha value is -2.46. The molecule has 1 aliphatic rings. The van der Waals surface area contributed by atoms with E-state index in [2.05, 4.69) is 10.6 Å². The van der Waals surface area contributed by atoms with E-state index >= 15 is 0 Å². The highest BCUT2D eigenvalue weighted by Crippen LogP contribution is 2.30. The fourth-order valence-corrected chi connectivity index (χ4v) is 2.81. The van der Waals surface area contributed by atoms with Crippen molar-refractivity contribution in [3.8, 4) is 0 Å². The largest absolute Gasteiger partial charge is 0.442 e. The van der Waals surface area contributed by atoms with E-state index in [0.717, 1.165) is 17.0 Å². The van der Waals surface area contributed by atoms with Gasteiger partial charge in [0, 0.05) is 38.7 Å². The number of hydrogen-bond acceptors (Lipinski definition) is 6. The van der Waals surface area contributed by atoms with Gasteiger partial charge < -0.3 is 25.4 Å². The van der Waals surface area contributed by atoms with Crippen molar-refractivity contribution in [2.75, 3.05) is 56.2 Å². The monoisotopic (exact) mass is 386 g/mol. The van der Waals surface area contributed by atoms with Crippen LogP contribution in [0.15, 0.2) is 12.1 Å². The Kier molecular flexibility index (Phi) is 7.31. The number of benzene rings is 1. The quantitative estimate of drug-likeness (QED) is 0.570. The van der Waals surface area contributed by atoms with Crippen LogP contribution in [0, 0.1) is 11.6 Å². The first-order valence-electron chi connectivity index (χ1n) is 8.59. The van der Waals surface area contributed by atoms with Gasteiger partial charge in [-0.15, -0.1) is 0 Å². The topological polar surface area (TPSA) is 94.1 Å². The number of halogens is 2. The van der Waals surface area contributed by atoms with Gasteiger partial charge in [-0.3, -0.25) is 9.69 Å². The van der Waals surface area contributed by atoms with Gasteiger partial charge in [-0.05, 0) is 7.05 Å². The van der Waals surface area contributed by atoms with Crippen molar-refractivity contribution >= 4 is 23.4 Å². The second kappa shape index (κ2) is 9.47. The molecular weight excluding hydrogens is 362 g/mol. The second-order valence-corrected chi connectivity index (χ2v) is 6.13. The summed E-state index contributed by atoms with van der Waals surface area (Å²) in [6.07, 6.45) is -1.34. The van der Waals surface area contributed by atoms with Crippen molar-refractivity contribution < 1.29 is 28.2 Å². The molecule has 1 saturated heterocycles. The van der Waals surface area contributed by atoms with Crippen molar-refractivity contribution in [3.63, 3.8) is 0 Å². The first kappa shape index (κ1) is 20.8. The maximum Gasteiger partial charge on any atom is 0.414 e. The van der Waals surface area contributed by atoms with Gasteiger partial charge in [0.05, 0.1) is 25.4 Å². The molecule has 1 fully saturated rings. The van der Waals surface area contributed by atoms with Crippen LogP contribution in [0.1, 0.15) is 6.92 Å². The molecule has 10 heteroatoms. The first-order valence-corrected chi connectivity index (χ1v) is 8.59. The highest BCUT2D eigenvalue weighted by atomic mass is 19.1. The van der Waals surface area contributed by atoms with Crippen LogP contribution in [0.2, 0.25) is 0 Å². The van der Waals surface area contributed by atoms with Crippen LogP contribution >= 0.6 is 0 Å². The van der Waals surface area contributed by atoms with Crippen LogP contribution in [0.4, 0.5) is 25.0 Å². The van der Waals surface area contributed by atoms with E-state index in [-0.39, 0.29) is 43.5 Å². The zero-order valence-electron chi connectivity index (χ0n) is 15.3. The van der Waals surface area contributed by atoms with Gasteiger partial charge in [0.25, 0.3) is 0 Å². The average Bonchev–Trinajstić information content (AvgIpc) is 2.98. The molecule has 0 aromatic heterocycles. The number of likely N-dealkylation sites (N-methyl/N-ethyl adjacent to an activating group) is 1. The summed E-state index contributed by atoms with van der Waals surface area (Å²) >= 11 is 0. The van der Waals surface area contributed by atoms with Crippen LogP contribution in [0.5, 0.6) is 0 Å². The third-order valence-electron chi connectivity index (χ3n) is 4.08. The summed E-state index contributed by atoms with van der Waals surface area (Å²) in [6, 6.07) is 2.12. The summed E-state index contributed by atoms with van der Waals surface area (Å²) in [5.41, 5.74) is -0.230. The van der Waals surface area contributed by atoms with Crippen LogP contribution < -0.4 is 20.4 Å². The molecule has 1 heterocycles.